The number of fused-ring (bicyclic) bond motifs is 1. The highest BCUT2D eigenvalue weighted by molar-refractivity contribution is 5.67. The van der Waals surface area contributed by atoms with Crippen LogP contribution in [0, 0.1) is 6.92 Å². The average molecular weight is 220 g/mol. The second-order valence-corrected chi connectivity index (χ2v) is 3.33. The summed E-state index contributed by atoms with van der Waals surface area (Å²) < 4.78 is 5.17. The molecule has 0 amide bonds. The summed E-state index contributed by atoms with van der Waals surface area (Å²) in [5, 5.41) is 0. The lowest BCUT2D eigenvalue weighted by Crippen LogP contribution is -2.15. The molecule has 0 atom stereocenters. The summed E-state index contributed by atoms with van der Waals surface area (Å²) in [5.74, 6) is 0.470. The molecule has 0 unspecified atom stereocenters. The maximum Gasteiger partial charge on any atom is 0.279 e. The van der Waals surface area contributed by atoms with E-state index in [1.807, 2.05) is 6.92 Å². The van der Waals surface area contributed by atoms with E-state index < -0.39 is 0 Å². The number of ether oxygens (including phenoxy) is 1. The molecule has 6 heteroatoms. The van der Waals surface area contributed by atoms with Crippen molar-refractivity contribution >= 4 is 11.2 Å². The fraction of sp³-hybridized carbons (Fsp3) is 0.400. The van der Waals surface area contributed by atoms with Crippen molar-refractivity contribution in [2.75, 3.05) is 6.61 Å². The zero-order chi connectivity index (χ0) is 11.5. The Morgan fingerprint density at radius 3 is 3.00 bits per heavy atom. The molecule has 1 N–H and O–H groups in total. The van der Waals surface area contributed by atoms with Crippen molar-refractivity contribution in [3.63, 3.8) is 0 Å². The molecule has 2 aromatic rings. The number of nitrogens with one attached hydrogen (secondary N) is 1. The zero-order valence-corrected chi connectivity index (χ0v) is 9.15. The van der Waals surface area contributed by atoms with Gasteiger partial charge in [-0.2, -0.15) is 0 Å². The summed E-state index contributed by atoms with van der Waals surface area (Å²) in [6, 6.07) is 0. The first-order valence-electron chi connectivity index (χ1n) is 5.01. The zero-order valence-electron chi connectivity index (χ0n) is 9.15. The highest BCUT2D eigenvalue weighted by atomic mass is 16.5. The fourth-order valence-electron chi connectivity index (χ4n) is 1.32. The maximum absolute atomic E-state index is 11.7. The Balaban J connectivity index is 2.51. The fourth-order valence-corrected chi connectivity index (χ4v) is 1.32. The van der Waals surface area contributed by atoms with E-state index in [1.165, 1.54) is 0 Å². The topological polar surface area (TPSA) is 80.8 Å². The number of H-pyrrole nitrogens is 1. The second kappa shape index (κ2) is 4.36. The molecule has 0 aliphatic carbocycles. The monoisotopic (exact) mass is 220 g/mol. The third kappa shape index (κ3) is 2.06. The molecule has 84 valence electrons. The van der Waals surface area contributed by atoms with Crippen LogP contribution >= 0.6 is 0 Å². The molecule has 0 radical (unpaired) electrons. The van der Waals surface area contributed by atoms with Gasteiger partial charge >= 0.3 is 0 Å². The lowest BCUT2D eigenvalue weighted by molar-refractivity contribution is 0.128. The lowest BCUT2D eigenvalue weighted by atomic mass is 10.4. The predicted molar refractivity (Wildman–Crippen MR) is 58.0 cm³/mol. The highest BCUT2D eigenvalue weighted by Crippen LogP contribution is 2.02. The maximum atomic E-state index is 11.7. The molecular formula is C10H12N4O2. The normalized spacial score (nSPS) is 10.9. The van der Waals surface area contributed by atoms with Crippen LogP contribution in [-0.4, -0.2) is 26.5 Å². The van der Waals surface area contributed by atoms with Gasteiger partial charge in [-0.1, -0.05) is 0 Å². The van der Waals surface area contributed by atoms with Crippen molar-refractivity contribution in [2.24, 2.45) is 0 Å². The van der Waals surface area contributed by atoms with Crippen LogP contribution in [0.3, 0.4) is 0 Å². The van der Waals surface area contributed by atoms with Gasteiger partial charge in [0.25, 0.3) is 5.56 Å². The van der Waals surface area contributed by atoms with E-state index in [9.17, 15) is 4.79 Å². The Kier molecular flexibility index (Phi) is 2.91. The minimum absolute atomic E-state index is 0.264. The van der Waals surface area contributed by atoms with Crippen LogP contribution in [0.1, 0.15) is 18.4 Å². The summed E-state index contributed by atoms with van der Waals surface area (Å²) in [4.78, 5) is 26.6. The van der Waals surface area contributed by atoms with Crippen LogP contribution in [0.25, 0.3) is 11.2 Å². The first kappa shape index (κ1) is 10.7. The Morgan fingerprint density at radius 2 is 2.25 bits per heavy atom. The first-order valence-corrected chi connectivity index (χ1v) is 5.01. The van der Waals surface area contributed by atoms with Crippen molar-refractivity contribution in [2.45, 2.75) is 20.5 Å². The summed E-state index contributed by atoms with van der Waals surface area (Å²) in [6.45, 7) is 4.50. The Labute approximate surface area is 91.7 Å². The number of nitrogens with zero attached hydrogens (tertiary/aromatic N) is 3. The lowest BCUT2D eigenvalue weighted by Gasteiger charge is -2.02. The molecule has 0 spiro atoms. The van der Waals surface area contributed by atoms with Gasteiger partial charge in [-0.3, -0.25) is 4.79 Å². The molecule has 2 heterocycles. The highest BCUT2D eigenvalue weighted by Gasteiger charge is 2.06. The molecule has 6 nitrogen and oxygen atoms in total. The molecule has 0 saturated carbocycles. The molecule has 0 bridgehead atoms. The van der Waals surface area contributed by atoms with Crippen molar-refractivity contribution in [1.29, 1.82) is 0 Å². The van der Waals surface area contributed by atoms with Crippen LogP contribution in [0.5, 0.6) is 0 Å². The molecule has 16 heavy (non-hydrogen) atoms. The minimum Gasteiger partial charge on any atom is -0.374 e. The quantitative estimate of drug-likeness (QED) is 0.817. The van der Waals surface area contributed by atoms with Crippen molar-refractivity contribution in [3.05, 3.63) is 28.1 Å². The number of rotatable bonds is 3. The summed E-state index contributed by atoms with van der Waals surface area (Å²) in [7, 11) is 0. The molecule has 2 rings (SSSR count). The second-order valence-electron chi connectivity index (χ2n) is 3.33. The predicted octanol–water partition coefficient (Wildman–Crippen LogP) is 0.558. The average Bonchev–Trinajstić information content (AvgIpc) is 2.27. The molecule has 0 fully saturated rings. The summed E-state index contributed by atoms with van der Waals surface area (Å²) in [5.41, 5.74) is 1.03. The van der Waals surface area contributed by atoms with E-state index in [0.29, 0.717) is 23.8 Å². The van der Waals surface area contributed by atoms with E-state index in [2.05, 4.69) is 19.9 Å². The SMILES string of the molecule is CCOCc1nc2ncc(C)nc2c(=O)[nH]1. The van der Waals surface area contributed by atoms with Gasteiger partial charge in [0.1, 0.15) is 12.4 Å². The van der Waals surface area contributed by atoms with E-state index in [1.54, 1.807) is 13.1 Å². The van der Waals surface area contributed by atoms with Gasteiger partial charge in [-0.25, -0.2) is 15.0 Å². The van der Waals surface area contributed by atoms with E-state index >= 15 is 0 Å². The number of aromatic amines is 1. The van der Waals surface area contributed by atoms with Crippen molar-refractivity contribution in [3.8, 4) is 0 Å². The smallest absolute Gasteiger partial charge is 0.279 e. The van der Waals surface area contributed by atoms with Gasteiger partial charge in [0.15, 0.2) is 11.2 Å². The molecule has 0 aliphatic rings. The van der Waals surface area contributed by atoms with Crippen LogP contribution < -0.4 is 5.56 Å². The van der Waals surface area contributed by atoms with E-state index in [4.69, 9.17) is 4.74 Å². The van der Waals surface area contributed by atoms with Crippen LogP contribution in [0.2, 0.25) is 0 Å². The Bertz CT molecular complexity index is 564. The van der Waals surface area contributed by atoms with E-state index in [-0.39, 0.29) is 17.7 Å². The molecular weight excluding hydrogens is 208 g/mol. The third-order valence-corrected chi connectivity index (χ3v) is 2.03. The van der Waals surface area contributed by atoms with Crippen LogP contribution in [-0.2, 0) is 11.3 Å². The Hall–Kier alpha value is -1.82. The van der Waals surface area contributed by atoms with Gasteiger partial charge < -0.3 is 9.72 Å². The number of hydrogen-bond acceptors (Lipinski definition) is 5. The van der Waals surface area contributed by atoms with Crippen molar-refractivity contribution in [1.82, 2.24) is 19.9 Å². The molecule has 2 aromatic heterocycles. The van der Waals surface area contributed by atoms with Crippen molar-refractivity contribution < 1.29 is 4.74 Å². The van der Waals surface area contributed by atoms with Gasteiger partial charge in [0.05, 0.1) is 11.9 Å². The Morgan fingerprint density at radius 1 is 1.44 bits per heavy atom. The van der Waals surface area contributed by atoms with Gasteiger partial charge in [0.2, 0.25) is 0 Å². The molecule has 0 aromatic carbocycles. The summed E-state index contributed by atoms with van der Waals surface area (Å²) in [6.07, 6.45) is 1.58. The van der Waals surface area contributed by atoms with Gasteiger partial charge in [-0.05, 0) is 13.8 Å². The third-order valence-electron chi connectivity index (χ3n) is 2.03. The summed E-state index contributed by atoms with van der Waals surface area (Å²) >= 11 is 0. The number of hydrogen-bond donors (Lipinski definition) is 1. The standard InChI is InChI=1S/C10H12N4O2/c1-3-16-5-7-13-9-8(10(15)14-7)12-6(2)4-11-9/h4H,3,5H2,1-2H3,(H,11,13,14,15). The number of aryl methyl sites for hydroxylation is 1. The first-order chi connectivity index (χ1) is 7.70. The van der Waals surface area contributed by atoms with Crippen LogP contribution in [0.4, 0.5) is 0 Å². The minimum atomic E-state index is -0.282. The van der Waals surface area contributed by atoms with Gasteiger partial charge in [0, 0.05) is 6.61 Å². The molecule has 0 saturated heterocycles. The largest absolute Gasteiger partial charge is 0.374 e. The number of aromatic nitrogens is 4. The molecule has 0 aliphatic heterocycles. The van der Waals surface area contributed by atoms with E-state index in [0.717, 1.165) is 0 Å². The van der Waals surface area contributed by atoms with Crippen LogP contribution in [0.15, 0.2) is 11.0 Å². The van der Waals surface area contributed by atoms with Gasteiger partial charge in [-0.15, -0.1) is 0 Å².